The van der Waals surface area contributed by atoms with Crippen LogP contribution in [0.5, 0.6) is 0 Å². The second-order valence-electron chi connectivity index (χ2n) is 5.26. The number of rotatable bonds is 3. The Hall–Kier alpha value is -3.35. The molecule has 1 aromatic carbocycles. The van der Waals surface area contributed by atoms with Crippen molar-refractivity contribution in [2.45, 2.75) is 0 Å². The van der Waals surface area contributed by atoms with E-state index in [1.165, 1.54) is 12.1 Å². The summed E-state index contributed by atoms with van der Waals surface area (Å²) in [6, 6.07) is 9.82. The van der Waals surface area contributed by atoms with Crippen LogP contribution >= 0.6 is 0 Å². The van der Waals surface area contributed by atoms with Crippen molar-refractivity contribution >= 4 is 22.8 Å². The lowest BCUT2D eigenvalue weighted by Crippen LogP contribution is -1.99. The standard InChI is InChI=1S/C17H13FN6/c1-24-15(11-6-8-19-9-7-11)22-14-10-20-17(23-16(14)24)21-13-4-2-12(18)3-5-13/h2-10H,1H3,(H,20,21,23). The lowest BCUT2D eigenvalue weighted by molar-refractivity contribution is 0.628. The van der Waals surface area contributed by atoms with Gasteiger partial charge < -0.3 is 9.88 Å². The van der Waals surface area contributed by atoms with Gasteiger partial charge in [0.05, 0.1) is 6.20 Å². The van der Waals surface area contributed by atoms with Crippen molar-refractivity contribution in [1.82, 2.24) is 24.5 Å². The Morgan fingerprint density at radius 1 is 1.00 bits per heavy atom. The first-order valence-corrected chi connectivity index (χ1v) is 7.33. The van der Waals surface area contributed by atoms with Crippen LogP contribution in [0.3, 0.4) is 0 Å². The lowest BCUT2D eigenvalue weighted by Gasteiger charge is -2.05. The van der Waals surface area contributed by atoms with Gasteiger partial charge in [-0.25, -0.2) is 14.4 Å². The molecule has 0 saturated carbocycles. The van der Waals surface area contributed by atoms with E-state index in [4.69, 9.17) is 0 Å². The second-order valence-corrected chi connectivity index (χ2v) is 5.26. The third kappa shape index (κ3) is 2.56. The van der Waals surface area contributed by atoms with E-state index in [9.17, 15) is 4.39 Å². The van der Waals surface area contributed by atoms with E-state index < -0.39 is 0 Å². The minimum atomic E-state index is -0.287. The highest BCUT2D eigenvalue weighted by molar-refractivity contribution is 5.77. The van der Waals surface area contributed by atoms with E-state index in [-0.39, 0.29) is 5.82 Å². The molecule has 0 saturated heterocycles. The minimum Gasteiger partial charge on any atom is -0.324 e. The molecule has 3 aromatic heterocycles. The summed E-state index contributed by atoms with van der Waals surface area (Å²) in [6.45, 7) is 0. The first kappa shape index (κ1) is 14.3. The third-order valence-electron chi connectivity index (χ3n) is 3.65. The molecule has 118 valence electrons. The fourth-order valence-corrected chi connectivity index (χ4v) is 2.46. The molecule has 24 heavy (non-hydrogen) atoms. The maximum atomic E-state index is 13.0. The molecule has 0 spiro atoms. The highest BCUT2D eigenvalue weighted by Crippen LogP contribution is 2.23. The van der Waals surface area contributed by atoms with Gasteiger partial charge in [-0.3, -0.25) is 4.98 Å². The monoisotopic (exact) mass is 320 g/mol. The van der Waals surface area contributed by atoms with Crippen LogP contribution in [0.1, 0.15) is 0 Å². The number of nitrogens with zero attached hydrogens (tertiary/aromatic N) is 5. The summed E-state index contributed by atoms with van der Waals surface area (Å²) in [5.74, 6) is 0.935. The molecule has 0 bridgehead atoms. The van der Waals surface area contributed by atoms with Gasteiger partial charge in [-0.05, 0) is 36.4 Å². The van der Waals surface area contributed by atoms with E-state index in [2.05, 4.69) is 25.3 Å². The molecule has 1 N–H and O–H groups in total. The number of pyridine rings is 1. The van der Waals surface area contributed by atoms with Gasteiger partial charge in [0.1, 0.15) is 17.2 Å². The van der Waals surface area contributed by atoms with Crippen molar-refractivity contribution in [3.8, 4) is 11.4 Å². The molecule has 3 heterocycles. The third-order valence-corrected chi connectivity index (χ3v) is 3.65. The van der Waals surface area contributed by atoms with Crippen molar-refractivity contribution in [2.75, 3.05) is 5.32 Å². The zero-order valence-electron chi connectivity index (χ0n) is 12.8. The zero-order chi connectivity index (χ0) is 16.5. The quantitative estimate of drug-likeness (QED) is 0.627. The zero-order valence-corrected chi connectivity index (χ0v) is 12.8. The van der Waals surface area contributed by atoms with Gasteiger partial charge in [0.25, 0.3) is 0 Å². The Balaban J connectivity index is 1.73. The van der Waals surface area contributed by atoms with Crippen molar-refractivity contribution in [2.24, 2.45) is 7.05 Å². The Labute approximate surface area is 137 Å². The van der Waals surface area contributed by atoms with Crippen LogP contribution < -0.4 is 5.32 Å². The lowest BCUT2D eigenvalue weighted by atomic mass is 10.2. The molecule has 4 aromatic rings. The van der Waals surface area contributed by atoms with Crippen LogP contribution in [-0.4, -0.2) is 24.5 Å². The topological polar surface area (TPSA) is 68.5 Å². The fourth-order valence-electron chi connectivity index (χ4n) is 2.46. The van der Waals surface area contributed by atoms with Gasteiger partial charge in [-0.15, -0.1) is 0 Å². The van der Waals surface area contributed by atoms with Gasteiger partial charge in [-0.2, -0.15) is 4.98 Å². The maximum absolute atomic E-state index is 13.0. The molecule has 0 radical (unpaired) electrons. The largest absolute Gasteiger partial charge is 0.324 e. The van der Waals surface area contributed by atoms with Gasteiger partial charge in [0.2, 0.25) is 5.95 Å². The maximum Gasteiger partial charge on any atom is 0.229 e. The first-order valence-electron chi connectivity index (χ1n) is 7.33. The summed E-state index contributed by atoms with van der Waals surface area (Å²) in [7, 11) is 1.90. The van der Waals surface area contributed by atoms with Crippen LogP contribution in [0.25, 0.3) is 22.6 Å². The highest BCUT2D eigenvalue weighted by Gasteiger charge is 2.12. The van der Waals surface area contributed by atoms with E-state index in [0.29, 0.717) is 22.8 Å². The van der Waals surface area contributed by atoms with E-state index >= 15 is 0 Å². The molecule has 6 nitrogen and oxygen atoms in total. The number of hydrogen-bond acceptors (Lipinski definition) is 5. The summed E-state index contributed by atoms with van der Waals surface area (Å²) in [4.78, 5) is 17.4. The van der Waals surface area contributed by atoms with Crippen LogP contribution in [0.15, 0.2) is 55.0 Å². The Morgan fingerprint density at radius 3 is 2.50 bits per heavy atom. The number of aryl methyl sites for hydroxylation is 1. The summed E-state index contributed by atoms with van der Waals surface area (Å²) in [6.07, 6.45) is 5.11. The molecule has 0 aliphatic heterocycles. The number of anilines is 2. The SMILES string of the molecule is Cn1c(-c2ccncc2)nc2cnc(Nc3ccc(F)cc3)nc21. The van der Waals surface area contributed by atoms with Crippen LogP contribution in [0, 0.1) is 5.82 Å². The van der Waals surface area contributed by atoms with E-state index in [1.54, 1.807) is 30.7 Å². The van der Waals surface area contributed by atoms with Crippen molar-refractivity contribution in [1.29, 1.82) is 0 Å². The molecule has 0 unspecified atom stereocenters. The highest BCUT2D eigenvalue weighted by atomic mass is 19.1. The minimum absolute atomic E-state index is 0.287. The van der Waals surface area contributed by atoms with Gasteiger partial charge >= 0.3 is 0 Å². The molecule has 7 heteroatoms. The first-order chi connectivity index (χ1) is 11.7. The summed E-state index contributed by atoms with van der Waals surface area (Å²) in [5.41, 5.74) is 3.08. The van der Waals surface area contributed by atoms with Crippen LogP contribution in [0.4, 0.5) is 16.0 Å². The van der Waals surface area contributed by atoms with E-state index in [1.807, 2.05) is 23.7 Å². The average molecular weight is 320 g/mol. The number of hydrogen-bond donors (Lipinski definition) is 1. The molecule has 4 rings (SSSR count). The van der Waals surface area contributed by atoms with Gasteiger partial charge in [-0.1, -0.05) is 0 Å². The second kappa shape index (κ2) is 5.69. The molecule has 0 fully saturated rings. The van der Waals surface area contributed by atoms with Crippen molar-refractivity contribution in [3.63, 3.8) is 0 Å². The smallest absolute Gasteiger partial charge is 0.229 e. The average Bonchev–Trinajstić information content (AvgIpc) is 2.94. The number of halogens is 1. The molecule has 0 amide bonds. The molecule has 0 atom stereocenters. The number of nitrogens with one attached hydrogen (secondary N) is 1. The Kier molecular flexibility index (Phi) is 3.38. The molecular formula is C17H13FN6. The summed E-state index contributed by atoms with van der Waals surface area (Å²) >= 11 is 0. The number of benzene rings is 1. The van der Waals surface area contributed by atoms with Crippen LogP contribution in [-0.2, 0) is 7.05 Å². The van der Waals surface area contributed by atoms with E-state index in [0.717, 1.165) is 11.4 Å². The predicted octanol–water partition coefficient (Wildman–Crippen LogP) is 3.31. The molecular weight excluding hydrogens is 307 g/mol. The number of imidazole rings is 1. The Bertz CT molecular complexity index is 995. The molecule has 0 aliphatic rings. The van der Waals surface area contributed by atoms with Gasteiger partial charge in [0.15, 0.2) is 5.65 Å². The van der Waals surface area contributed by atoms with Crippen LogP contribution in [0.2, 0.25) is 0 Å². The summed E-state index contributed by atoms with van der Waals surface area (Å²) < 4.78 is 14.9. The Morgan fingerprint density at radius 2 is 1.75 bits per heavy atom. The fraction of sp³-hybridized carbons (Fsp3) is 0.0588. The number of fused-ring (bicyclic) bond motifs is 1. The van der Waals surface area contributed by atoms with Gasteiger partial charge in [0, 0.05) is 30.7 Å². The number of aromatic nitrogens is 5. The summed E-state index contributed by atoms with van der Waals surface area (Å²) in [5, 5.41) is 3.06. The normalized spacial score (nSPS) is 10.9. The van der Waals surface area contributed by atoms with Crippen molar-refractivity contribution in [3.05, 3.63) is 60.8 Å². The van der Waals surface area contributed by atoms with Crippen molar-refractivity contribution < 1.29 is 4.39 Å². The predicted molar refractivity (Wildman–Crippen MR) is 89.2 cm³/mol. The molecule has 0 aliphatic carbocycles.